The molecule has 2 nitrogen and oxygen atoms in total. The van der Waals surface area contributed by atoms with Gasteiger partial charge in [-0.3, -0.25) is 4.98 Å². The van der Waals surface area contributed by atoms with Gasteiger partial charge in [-0.15, -0.1) is 0 Å². The standard InChI is InChI=1S/C16H20N2/c1-4-17-10-14-5-6-16(13(3)8-14)15-7-12(2)9-18-11-15/h5-9,11,17H,4,10H2,1-3H3. The summed E-state index contributed by atoms with van der Waals surface area (Å²) in [5, 5.41) is 3.35. The third kappa shape index (κ3) is 2.96. The van der Waals surface area contributed by atoms with E-state index < -0.39 is 0 Å². The molecular formula is C16H20N2. The van der Waals surface area contributed by atoms with E-state index >= 15 is 0 Å². The Kier molecular flexibility index (Phi) is 4.11. The third-order valence-corrected chi connectivity index (χ3v) is 3.06. The first kappa shape index (κ1) is 12.8. The molecule has 0 aliphatic carbocycles. The average molecular weight is 240 g/mol. The number of nitrogens with zero attached hydrogens (tertiary/aromatic N) is 1. The number of aromatic nitrogens is 1. The summed E-state index contributed by atoms with van der Waals surface area (Å²) < 4.78 is 0. The van der Waals surface area contributed by atoms with E-state index in [-0.39, 0.29) is 0 Å². The van der Waals surface area contributed by atoms with Crippen molar-refractivity contribution in [2.45, 2.75) is 27.3 Å². The van der Waals surface area contributed by atoms with Crippen molar-refractivity contribution in [3.63, 3.8) is 0 Å². The van der Waals surface area contributed by atoms with Crippen LogP contribution in [0.5, 0.6) is 0 Å². The fourth-order valence-corrected chi connectivity index (χ4v) is 2.13. The van der Waals surface area contributed by atoms with Crippen molar-refractivity contribution in [1.82, 2.24) is 10.3 Å². The molecule has 0 spiro atoms. The molecule has 0 saturated carbocycles. The number of rotatable bonds is 4. The zero-order valence-electron chi connectivity index (χ0n) is 11.3. The van der Waals surface area contributed by atoms with Crippen molar-refractivity contribution in [1.29, 1.82) is 0 Å². The third-order valence-electron chi connectivity index (χ3n) is 3.06. The fourth-order valence-electron chi connectivity index (χ4n) is 2.13. The van der Waals surface area contributed by atoms with Crippen LogP contribution in [0.15, 0.2) is 36.7 Å². The topological polar surface area (TPSA) is 24.9 Å². The minimum absolute atomic E-state index is 0.934. The molecule has 94 valence electrons. The molecule has 0 saturated heterocycles. The van der Waals surface area contributed by atoms with Gasteiger partial charge in [0.1, 0.15) is 0 Å². The van der Waals surface area contributed by atoms with Crippen LogP contribution in [0.25, 0.3) is 11.1 Å². The van der Waals surface area contributed by atoms with Crippen LogP contribution in [-0.4, -0.2) is 11.5 Å². The Morgan fingerprint density at radius 1 is 1.11 bits per heavy atom. The molecule has 2 rings (SSSR count). The van der Waals surface area contributed by atoms with Crippen LogP contribution in [0.3, 0.4) is 0 Å². The van der Waals surface area contributed by atoms with Crippen LogP contribution in [-0.2, 0) is 6.54 Å². The molecule has 1 aromatic carbocycles. The predicted molar refractivity (Wildman–Crippen MR) is 76.5 cm³/mol. The van der Waals surface area contributed by atoms with Gasteiger partial charge in [0.05, 0.1) is 0 Å². The van der Waals surface area contributed by atoms with Crippen molar-refractivity contribution in [3.8, 4) is 11.1 Å². The summed E-state index contributed by atoms with van der Waals surface area (Å²) in [6.45, 7) is 8.30. The van der Waals surface area contributed by atoms with Crippen LogP contribution in [0, 0.1) is 13.8 Å². The molecule has 0 amide bonds. The molecule has 18 heavy (non-hydrogen) atoms. The van der Waals surface area contributed by atoms with Crippen LogP contribution in [0.2, 0.25) is 0 Å². The zero-order chi connectivity index (χ0) is 13.0. The number of hydrogen-bond donors (Lipinski definition) is 1. The highest BCUT2D eigenvalue weighted by molar-refractivity contribution is 5.67. The average Bonchev–Trinajstić information content (AvgIpc) is 2.36. The van der Waals surface area contributed by atoms with Crippen LogP contribution < -0.4 is 5.32 Å². The first-order valence-corrected chi connectivity index (χ1v) is 6.43. The summed E-state index contributed by atoms with van der Waals surface area (Å²) in [5.74, 6) is 0. The minimum atomic E-state index is 0.934. The zero-order valence-corrected chi connectivity index (χ0v) is 11.3. The summed E-state index contributed by atoms with van der Waals surface area (Å²) >= 11 is 0. The van der Waals surface area contributed by atoms with Gasteiger partial charge in [-0.2, -0.15) is 0 Å². The van der Waals surface area contributed by atoms with Crippen LogP contribution >= 0.6 is 0 Å². The Bertz CT molecular complexity index is 532. The maximum Gasteiger partial charge on any atom is 0.0346 e. The summed E-state index contributed by atoms with van der Waals surface area (Å²) in [7, 11) is 0. The molecule has 0 bridgehead atoms. The van der Waals surface area contributed by atoms with Crippen molar-refractivity contribution >= 4 is 0 Å². The smallest absolute Gasteiger partial charge is 0.0346 e. The van der Waals surface area contributed by atoms with Gasteiger partial charge in [-0.25, -0.2) is 0 Å². The van der Waals surface area contributed by atoms with Crippen LogP contribution in [0.1, 0.15) is 23.6 Å². The molecule has 1 aromatic heterocycles. The summed E-state index contributed by atoms with van der Waals surface area (Å²) in [5.41, 5.74) is 6.30. The molecule has 0 fully saturated rings. The van der Waals surface area contributed by atoms with Gasteiger partial charge in [0.25, 0.3) is 0 Å². The fraction of sp³-hybridized carbons (Fsp3) is 0.312. The molecule has 0 radical (unpaired) electrons. The highest BCUT2D eigenvalue weighted by Gasteiger charge is 2.03. The lowest BCUT2D eigenvalue weighted by Gasteiger charge is -2.09. The molecule has 2 heteroatoms. The van der Waals surface area contributed by atoms with Gasteiger partial charge in [0.2, 0.25) is 0 Å². The Hall–Kier alpha value is -1.67. The Morgan fingerprint density at radius 3 is 2.61 bits per heavy atom. The van der Waals surface area contributed by atoms with Crippen LogP contribution in [0.4, 0.5) is 0 Å². The van der Waals surface area contributed by atoms with E-state index in [1.165, 1.54) is 27.8 Å². The van der Waals surface area contributed by atoms with E-state index in [0.29, 0.717) is 0 Å². The quantitative estimate of drug-likeness (QED) is 0.885. The summed E-state index contributed by atoms with van der Waals surface area (Å²) in [6.07, 6.45) is 3.82. The van der Waals surface area contributed by atoms with Crippen molar-refractivity contribution in [3.05, 3.63) is 53.3 Å². The van der Waals surface area contributed by atoms with E-state index in [0.717, 1.165) is 13.1 Å². The molecule has 0 atom stereocenters. The minimum Gasteiger partial charge on any atom is -0.313 e. The van der Waals surface area contributed by atoms with E-state index in [9.17, 15) is 0 Å². The van der Waals surface area contributed by atoms with Gasteiger partial charge in [0.15, 0.2) is 0 Å². The van der Waals surface area contributed by atoms with Gasteiger partial charge in [0, 0.05) is 24.5 Å². The van der Waals surface area contributed by atoms with E-state index in [1.54, 1.807) is 0 Å². The second-order valence-electron chi connectivity index (χ2n) is 4.68. The van der Waals surface area contributed by atoms with Gasteiger partial charge in [-0.1, -0.05) is 25.1 Å². The van der Waals surface area contributed by atoms with E-state index in [1.807, 2.05) is 12.4 Å². The molecule has 1 heterocycles. The number of aryl methyl sites for hydroxylation is 2. The van der Waals surface area contributed by atoms with Gasteiger partial charge < -0.3 is 5.32 Å². The molecule has 0 unspecified atom stereocenters. The Labute approximate surface area is 109 Å². The maximum absolute atomic E-state index is 4.26. The lowest BCUT2D eigenvalue weighted by Crippen LogP contribution is -2.11. The SMILES string of the molecule is CCNCc1ccc(-c2cncc(C)c2)c(C)c1. The monoisotopic (exact) mass is 240 g/mol. The van der Waals surface area contributed by atoms with Crippen molar-refractivity contribution in [2.75, 3.05) is 6.54 Å². The first-order valence-electron chi connectivity index (χ1n) is 6.43. The lowest BCUT2D eigenvalue weighted by atomic mass is 9.99. The highest BCUT2D eigenvalue weighted by atomic mass is 14.8. The largest absolute Gasteiger partial charge is 0.313 e. The van der Waals surface area contributed by atoms with E-state index in [4.69, 9.17) is 0 Å². The number of benzene rings is 1. The van der Waals surface area contributed by atoms with Gasteiger partial charge in [-0.05, 0) is 48.7 Å². The molecule has 1 N–H and O–H groups in total. The number of nitrogens with one attached hydrogen (secondary N) is 1. The number of pyridine rings is 1. The summed E-state index contributed by atoms with van der Waals surface area (Å²) in [6, 6.07) is 8.81. The Balaban J connectivity index is 2.29. The van der Waals surface area contributed by atoms with Crippen molar-refractivity contribution < 1.29 is 0 Å². The second kappa shape index (κ2) is 5.78. The Morgan fingerprint density at radius 2 is 1.94 bits per heavy atom. The van der Waals surface area contributed by atoms with Gasteiger partial charge >= 0.3 is 0 Å². The highest BCUT2D eigenvalue weighted by Crippen LogP contribution is 2.24. The molecule has 0 aliphatic rings. The molecule has 0 aliphatic heterocycles. The normalized spacial score (nSPS) is 10.6. The molecular weight excluding hydrogens is 220 g/mol. The second-order valence-corrected chi connectivity index (χ2v) is 4.68. The predicted octanol–water partition coefficient (Wildman–Crippen LogP) is 3.47. The summed E-state index contributed by atoms with van der Waals surface area (Å²) in [4.78, 5) is 4.26. The van der Waals surface area contributed by atoms with E-state index in [2.05, 4.69) is 55.3 Å². The lowest BCUT2D eigenvalue weighted by molar-refractivity contribution is 0.726. The van der Waals surface area contributed by atoms with Crippen molar-refractivity contribution in [2.24, 2.45) is 0 Å². The maximum atomic E-state index is 4.26. The first-order chi connectivity index (χ1) is 8.70. The number of hydrogen-bond acceptors (Lipinski definition) is 2. The molecule has 2 aromatic rings.